The fourth-order valence-corrected chi connectivity index (χ4v) is 7.11. The van der Waals surface area contributed by atoms with Gasteiger partial charge < -0.3 is 19.3 Å². The first-order valence-corrected chi connectivity index (χ1v) is 21.2. The van der Waals surface area contributed by atoms with Crippen molar-refractivity contribution in [3.8, 4) is 0 Å². The van der Waals surface area contributed by atoms with Crippen LogP contribution in [0.25, 0.3) is 0 Å². The lowest BCUT2D eigenvalue weighted by molar-refractivity contribution is -0.343. The van der Waals surface area contributed by atoms with Gasteiger partial charge in [-0.05, 0) is 0 Å². The average Bonchev–Trinajstić information content (AvgIpc) is 2.84. The van der Waals surface area contributed by atoms with Crippen molar-refractivity contribution in [1.29, 1.82) is 0 Å². The second kappa shape index (κ2) is 16.3. The van der Waals surface area contributed by atoms with E-state index >= 15 is 0 Å². The van der Waals surface area contributed by atoms with Crippen molar-refractivity contribution in [2.45, 2.75) is 61.4 Å². The standard InChI is InChI=1S/C12H22O32S7/c13-11-9(43-50(29,30)31)7(41-48(23,24)25)5(3(37-11)1-35-45(14,15)16)39-12-10(44-51(32,33)34)8(42-49(26,27)28)6(40-47(20,21)22)4(38-12)2-36-46(17,18)19/h3-13H,1-2H2,(H,14,15,16)(H,17,18,19)(H,20,21,22)(H,23,24,25)(H,26,27,28)(H,29,30,31)(H,32,33,34)/t3-,4-,5+,6-,7-,8+,9-,10-,11?,12-/m0/s1. The largest absolute Gasteiger partial charge is 0.397 e. The summed E-state index contributed by atoms with van der Waals surface area (Å²) in [5.74, 6) is 0. The van der Waals surface area contributed by atoms with E-state index in [1.165, 1.54) is 0 Å². The summed E-state index contributed by atoms with van der Waals surface area (Å²) in [5.41, 5.74) is 0. The molecule has 2 saturated heterocycles. The van der Waals surface area contributed by atoms with Gasteiger partial charge in [0.15, 0.2) is 24.8 Å². The van der Waals surface area contributed by atoms with E-state index in [0.29, 0.717) is 0 Å². The number of rotatable bonds is 18. The fourth-order valence-electron chi connectivity index (χ4n) is 4.02. The summed E-state index contributed by atoms with van der Waals surface area (Å²) in [6, 6.07) is 0. The molecule has 2 aliphatic rings. The summed E-state index contributed by atoms with van der Waals surface area (Å²) < 4.78 is 269. The Hall–Kier alpha value is -1.07. The van der Waals surface area contributed by atoms with Crippen molar-refractivity contribution in [3.05, 3.63) is 0 Å². The second-order valence-electron chi connectivity index (χ2n) is 9.08. The van der Waals surface area contributed by atoms with E-state index in [1.54, 1.807) is 0 Å². The Morgan fingerprint density at radius 2 is 0.706 bits per heavy atom. The monoisotopic (exact) mass is 902 g/mol. The van der Waals surface area contributed by atoms with Gasteiger partial charge in [0.25, 0.3) is 0 Å². The highest BCUT2D eigenvalue weighted by atomic mass is 32.3. The Balaban J connectivity index is 2.92. The van der Waals surface area contributed by atoms with Crippen LogP contribution in [-0.2, 0) is 116 Å². The molecule has 0 aliphatic carbocycles. The highest BCUT2D eigenvalue weighted by Gasteiger charge is 2.58. The topological polar surface area (TPSA) is 493 Å². The fraction of sp³-hybridized carbons (Fsp3) is 1.00. The SMILES string of the molecule is O=S(=O)(O)OC[C@@H]1O[C@@H](O[C@H]2[C@H](OS(=O)(=O)O)[C@H](OS(=O)(=O)O)C(O)O[C@H]2COS(=O)(=O)O)[C@@H](OS(=O)(=O)O)[C@H](OS(=O)(=O)O)[C@H]1OS(=O)(=O)O. The maximum Gasteiger partial charge on any atom is 0.397 e. The van der Waals surface area contributed by atoms with Crippen molar-refractivity contribution in [1.82, 2.24) is 0 Å². The first-order chi connectivity index (χ1) is 22.5. The quantitative estimate of drug-likeness (QED) is 0.0593. The minimum atomic E-state index is -6.10. The second-order valence-corrected chi connectivity index (χ2v) is 16.5. The van der Waals surface area contributed by atoms with Crippen LogP contribution in [0.5, 0.6) is 0 Å². The number of aliphatic hydroxyl groups excluding tert-OH is 1. The zero-order valence-electron chi connectivity index (χ0n) is 23.4. The van der Waals surface area contributed by atoms with Gasteiger partial charge >= 0.3 is 72.8 Å². The summed E-state index contributed by atoms with van der Waals surface area (Å²) in [5, 5.41) is 10.2. The van der Waals surface area contributed by atoms with Gasteiger partial charge in [0.2, 0.25) is 0 Å². The molecule has 2 heterocycles. The predicted octanol–water partition coefficient (Wildman–Crippen LogP) is -6.61. The van der Waals surface area contributed by atoms with Crippen LogP contribution >= 0.6 is 0 Å². The molecule has 10 atom stereocenters. The van der Waals surface area contributed by atoms with Crippen LogP contribution in [0.4, 0.5) is 0 Å². The first-order valence-electron chi connectivity index (χ1n) is 11.7. The summed E-state index contributed by atoms with van der Waals surface area (Å²) in [4.78, 5) is 0. The van der Waals surface area contributed by atoms with Gasteiger partial charge in [0, 0.05) is 0 Å². The summed E-state index contributed by atoms with van der Waals surface area (Å²) in [6.45, 7) is -3.59. The molecule has 2 rings (SSSR count). The normalized spacial score (nSPS) is 32.1. The minimum absolute atomic E-state index is 1.74. The van der Waals surface area contributed by atoms with Crippen LogP contribution < -0.4 is 0 Å². The summed E-state index contributed by atoms with van der Waals surface area (Å²) in [7, 11) is -41.2. The van der Waals surface area contributed by atoms with Gasteiger partial charge in [-0.15, -0.1) is 0 Å². The Morgan fingerprint density at radius 1 is 0.392 bits per heavy atom. The van der Waals surface area contributed by atoms with Crippen molar-refractivity contribution in [2.24, 2.45) is 0 Å². The van der Waals surface area contributed by atoms with E-state index in [-0.39, 0.29) is 0 Å². The van der Waals surface area contributed by atoms with Crippen molar-refractivity contribution >= 4 is 72.8 Å². The molecule has 0 spiro atoms. The number of hydrogen-bond donors (Lipinski definition) is 8. The molecule has 1 unspecified atom stereocenters. The molecule has 39 heteroatoms. The van der Waals surface area contributed by atoms with E-state index < -0.39 is 147 Å². The van der Waals surface area contributed by atoms with E-state index in [9.17, 15) is 82.2 Å². The van der Waals surface area contributed by atoms with Crippen LogP contribution in [0.3, 0.4) is 0 Å². The molecule has 0 saturated carbocycles. The van der Waals surface area contributed by atoms with Crippen molar-refractivity contribution < 1.29 is 139 Å². The third-order valence-corrected chi connectivity index (χ3v) is 8.61. The lowest BCUT2D eigenvalue weighted by Gasteiger charge is -2.47. The van der Waals surface area contributed by atoms with Gasteiger partial charge in [-0.1, -0.05) is 0 Å². The molecule has 0 bridgehead atoms. The lowest BCUT2D eigenvalue weighted by atomic mass is 9.97. The van der Waals surface area contributed by atoms with E-state index in [2.05, 4.69) is 29.3 Å². The smallest absolute Gasteiger partial charge is 0.366 e. The van der Waals surface area contributed by atoms with Crippen LogP contribution in [0, 0.1) is 0 Å². The minimum Gasteiger partial charge on any atom is -0.366 e. The van der Waals surface area contributed by atoms with Gasteiger partial charge in [-0.25, -0.2) is 29.3 Å². The third-order valence-electron chi connectivity index (χ3n) is 5.42. The summed E-state index contributed by atoms with van der Waals surface area (Å²) >= 11 is 0. The number of ether oxygens (including phenoxy) is 3. The molecule has 51 heavy (non-hydrogen) atoms. The zero-order valence-corrected chi connectivity index (χ0v) is 29.1. The van der Waals surface area contributed by atoms with Gasteiger partial charge in [-0.3, -0.25) is 31.9 Å². The number of aliphatic hydroxyl groups is 1. The molecule has 304 valence electrons. The molecular weight excluding hydrogens is 881 g/mol. The maximum atomic E-state index is 11.7. The highest BCUT2D eigenvalue weighted by Crippen LogP contribution is 2.36. The van der Waals surface area contributed by atoms with Crippen LogP contribution in [0.1, 0.15) is 0 Å². The van der Waals surface area contributed by atoms with Crippen molar-refractivity contribution in [3.63, 3.8) is 0 Å². The molecule has 0 aromatic rings. The molecule has 0 radical (unpaired) electrons. The first kappa shape index (κ1) is 46.1. The maximum absolute atomic E-state index is 11.7. The van der Waals surface area contributed by atoms with Gasteiger partial charge in [-0.2, -0.15) is 58.9 Å². The molecular formula is C12H22O32S7. The van der Waals surface area contributed by atoms with Crippen molar-refractivity contribution in [2.75, 3.05) is 13.2 Å². The third kappa shape index (κ3) is 16.9. The molecule has 2 fully saturated rings. The van der Waals surface area contributed by atoms with Crippen LogP contribution in [0.2, 0.25) is 0 Å². The molecule has 0 aromatic heterocycles. The Kier molecular flexibility index (Phi) is 14.8. The molecule has 2 aliphatic heterocycles. The Labute approximate surface area is 286 Å². The highest BCUT2D eigenvalue weighted by molar-refractivity contribution is 7.82. The van der Waals surface area contributed by atoms with Gasteiger partial charge in [0.05, 0.1) is 13.2 Å². The predicted molar refractivity (Wildman–Crippen MR) is 142 cm³/mol. The van der Waals surface area contributed by atoms with E-state index in [4.69, 9.17) is 27.9 Å². The van der Waals surface area contributed by atoms with Crippen LogP contribution in [-0.4, -0.2) is 171 Å². The average molecular weight is 903 g/mol. The van der Waals surface area contributed by atoms with E-state index in [0.717, 1.165) is 0 Å². The van der Waals surface area contributed by atoms with Crippen LogP contribution in [0.15, 0.2) is 0 Å². The molecule has 0 aromatic carbocycles. The molecule has 8 N–H and O–H groups in total. The number of hydrogen-bond acceptors (Lipinski definition) is 25. The lowest BCUT2D eigenvalue weighted by Crippen LogP contribution is -2.67. The molecule has 0 amide bonds. The zero-order chi connectivity index (χ0) is 39.8. The Bertz CT molecular complexity index is 2000. The Morgan fingerprint density at radius 3 is 1.08 bits per heavy atom. The van der Waals surface area contributed by atoms with Gasteiger partial charge in [0.1, 0.15) is 36.6 Å². The molecule has 32 nitrogen and oxygen atoms in total. The summed E-state index contributed by atoms with van der Waals surface area (Å²) in [6.07, 6.45) is -30.2. The van der Waals surface area contributed by atoms with E-state index in [1.807, 2.05) is 0 Å².